The van der Waals surface area contributed by atoms with Crippen molar-refractivity contribution in [3.8, 4) is 0 Å². The van der Waals surface area contributed by atoms with Crippen LogP contribution in [0.1, 0.15) is 38.7 Å². The maximum absolute atomic E-state index is 2.66. The minimum atomic E-state index is 0.512. The second-order valence-corrected chi connectivity index (χ2v) is 7.29. The van der Waals surface area contributed by atoms with Crippen LogP contribution < -0.4 is 0 Å². The summed E-state index contributed by atoms with van der Waals surface area (Å²) in [6, 6.07) is 15.5. The first-order valence-electron chi connectivity index (χ1n) is 8.33. The number of hydrogen-bond acceptors (Lipinski definition) is 1. The lowest BCUT2D eigenvalue weighted by atomic mass is 9.84. The third-order valence-electron chi connectivity index (χ3n) is 4.78. The predicted octanol–water partition coefficient (Wildman–Crippen LogP) is 4.89. The van der Waals surface area contributed by atoms with Crippen LogP contribution >= 0.6 is 0 Å². The van der Waals surface area contributed by atoms with E-state index in [1.54, 1.807) is 0 Å². The molecule has 0 spiro atoms. The summed E-state index contributed by atoms with van der Waals surface area (Å²) in [5.74, 6) is 0. The zero-order valence-corrected chi connectivity index (χ0v) is 13.4. The average Bonchev–Trinajstić information content (AvgIpc) is 2.46. The third kappa shape index (κ3) is 3.65. The molecule has 0 unspecified atom stereocenters. The molecule has 0 aliphatic carbocycles. The highest BCUT2D eigenvalue weighted by Crippen LogP contribution is 2.28. The van der Waals surface area contributed by atoms with Crippen molar-refractivity contribution < 1.29 is 0 Å². The molecule has 0 atom stereocenters. The van der Waals surface area contributed by atoms with Gasteiger partial charge in [0, 0.05) is 6.54 Å². The molecule has 0 bridgehead atoms. The second-order valence-electron chi connectivity index (χ2n) is 7.29. The Balaban J connectivity index is 1.60. The highest BCUT2D eigenvalue weighted by molar-refractivity contribution is 5.85. The van der Waals surface area contributed by atoms with E-state index < -0.39 is 0 Å². The summed E-state index contributed by atoms with van der Waals surface area (Å²) in [6.07, 6.45) is 5.20. The van der Waals surface area contributed by atoms with Crippen LogP contribution in [0.25, 0.3) is 10.8 Å². The molecule has 0 amide bonds. The number of rotatable bonds is 4. The smallest absolute Gasteiger partial charge is 0.00327 e. The van der Waals surface area contributed by atoms with Crippen LogP contribution in [0.3, 0.4) is 0 Å². The number of hydrogen-bond donors (Lipinski definition) is 0. The van der Waals surface area contributed by atoms with Gasteiger partial charge < -0.3 is 4.90 Å². The molecule has 0 saturated carbocycles. The molecule has 1 saturated heterocycles. The van der Waals surface area contributed by atoms with Gasteiger partial charge in [0.05, 0.1) is 0 Å². The minimum absolute atomic E-state index is 0.512. The average molecular weight is 281 g/mol. The summed E-state index contributed by atoms with van der Waals surface area (Å²) in [5, 5.41) is 2.80. The zero-order chi connectivity index (χ0) is 14.7. The van der Waals surface area contributed by atoms with Gasteiger partial charge in [0.1, 0.15) is 0 Å². The van der Waals surface area contributed by atoms with E-state index in [0.717, 1.165) is 0 Å². The topological polar surface area (TPSA) is 3.24 Å². The van der Waals surface area contributed by atoms with Crippen molar-refractivity contribution in [3.05, 3.63) is 48.0 Å². The van der Waals surface area contributed by atoms with Crippen molar-refractivity contribution in [3.63, 3.8) is 0 Å². The SMILES string of the molecule is CC1(C)CCCN(CCCc2cccc3ccccc23)C1. The second kappa shape index (κ2) is 6.19. The summed E-state index contributed by atoms with van der Waals surface area (Å²) >= 11 is 0. The molecule has 1 aliphatic heterocycles. The lowest BCUT2D eigenvalue weighted by molar-refractivity contribution is 0.117. The van der Waals surface area contributed by atoms with E-state index in [-0.39, 0.29) is 0 Å². The summed E-state index contributed by atoms with van der Waals surface area (Å²) in [7, 11) is 0. The first-order valence-corrected chi connectivity index (χ1v) is 8.33. The number of likely N-dealkylation sites (tertiary alicyclic amines) is 1. The van der Waals surface area contributed by atoms with Gasteiger partial charge in [0.15, 0.2) is 0 Å². The number of piperidine rings is 1. The predicted molar refractivity (Wildman–Crippen MR) is 91.7 cm³/mol. The van der Waals surface area contributed by atoms with E-state index in [1.165, 1.54) is 61.7 Å². The molecule has 2 aromatic rings. The van der Waals surface area contributed by atoms with Crippen LogP contribution in [0.15, 0.2) is 42.5 Å². The summed E-state index contributed by atoms with van der Waals surface area (Å²) in [5.41, 5.74) is 2.02. The fourth-order valence-corrected chi connectivity index (χ4v) is 3.74. The number of aryl methyl sites for hydroxylation is 1. The van der Waals surface area contributed by atoms with Gasteiger partial charge in [-0.25, -0.2) is 0 Å². The Hall–Kier alpha value is -1.34. The van der Waals surface area contributed by atoms with E-state index in [4.69, 9.17) is 0 Å². The van der Waals surface area contributed by atoms with Gasteiger partial charge in [-0.15, -0.1) is 0 Å². The maximum atomic E-state index is 2.66. The molecule has 21 heavy (non-hydrogen) atoms. The molecule has 0 aromatic heterocycles. The molecule has 1 fully saturated rings. The molecule has 0 radical (unpaired) electrons. The fourth-order valence-electron chi connectivity index (χ4n) is 3.74. The van der Waals surface area contributed by atoms with Crippen molar-refractivity contribution in [1.29, 1.82) is 0 Å². The minimum Gasteiger partial charge on any atom is -0.303 e. The lowest BCUT2D eigenvalue weighted by Crippen LogP contribution is -2.40. The van der Waals surface area contributed by atoms with Crippen LogP contribution in [-0.2, 0) is 6.42 Å². The van der Waals surface area contributed by atoms with Gasteiger partial charge in [-0.05, 0) is 60.5 Å². The molecule has 1 heterocycles. The molecule has 112 valence electrons. The monoisotopic (exact) mass is 281 g/mol. The Morgan fingerprint density at radius 3 is 2.71 bits per heavy atom. The molecule has 2 aromatic carbocycles. The van der Waals surface area contributed by atoms with Crippen LogP contribution in [0.4, 0.5) is 0 Å². The van der Waals surface area contributed by atoms with Gasteiger partial charge in [-0.1, -0.05) is 56.3 Å². The maximum Gasteiger partial charge on any atom is 0.00327 e. The fraction of sp³-hybridized carbons (Fsp3) is 0.500. The molecule has 1 nitrogen and oxygen atoms in total. The van der Waals surface area contributed by atoms with E-state index in [9.17, 15) is 0 Å². The number of nitrogens with zero attached hydrogens (tertiary/aromatic N) is 1. The summed E-state index contributed by atoms with van der Waals surface area (Å²) in [6.45, 7) is 8.61. The highest BCUT2D eigenvalue weighted by Gasteiger charge is 2.25. The Morgan fingerprint density at radius 1 is 1.05 bits per heavy atom. The molecular weight excluding hydrogens is 254 g/mol. The van der Waals surface area contributed by atoms with E-state index in [2.05, 4.69) is 61.2 Å². The van der Waals surface area contributed by atoms with Gasteiger partial charge in [-0.3, -0.25) is 0 Å². The van der Waals surface area contributed by atoms with Crippen molar-refractivity contribution in [2.45, 2.75) is 39.5 Å². The summed E-state index contributed by atoms with van der Waals surface area (Å²) < 4.78 is 0. The van der Waals surface area contributed by atoms with E-state index >= 15 is 0 Å². The highest BCUT2D eigenvalue weighted by atomic mass is 15.1. The molecule has 1 aliphatic rings. The Morgan fingerprint density at radius 2 is 1.86 bits per heavy atom. The van der Waals surface area contributed by atoms with Crippen molar-refractivity contribution in [2.24, 2.45) is 5.41 Å². The number of fused-ring (bicyclic) bond motifs is 1. The summed E-state index contributed by atoms with van der Waals surface area (Å²) in [4.78, 5) is 2.66. The zero-order valence-electron chi connectivity index (χ0n) is 13.4. The van der Waals surface area contributed by atoms with E-state index in [1.807, 2.05) is 0 Å². The molecule has 1 heteroatoms. The van der Waals surface area contributed by atoms with Gasteiger partial charge in [0.25, 0.3) is 0 Å². The number of benzene rings is 2. The normalized spacial score (nSPS) is 19.0. The lowest BCUT2D eigenvalue weighted by Gasteiger charge is -2.38. The first kappa shape index (κ1) is 14.6. The van der Waals surface area contributed by atoms with Gasteiger partial charge >= 0.3 is 0 Å². The van der Waals surface area contributed by atoms with Crippen molar-refractivity contribution in [1.82, 2.24) is 4.90 Å². The Labute approximate surface area is 129 Å². The Bertz CT molecular complexity index is 594. The van der Waals surface area contributed by atoms with Crippen molar-refractivity contribution in [2.75, 3.05) is 19.6 Å². The van der Waals surface area contributed by atoms with Crippen LogP contribution in [-0.4, -0.2) is 24.5 Å². The molecule has 3 rings (SSSR count). The third-order valence-corrected chi connectivity index (χ3v) is 4.78. The van der Waals surface area contributed by atoms with E-state index in [0.29, 0.717) is 5.41 Å². The largest absolute Gasteiger partial charge is 0.303 e. The van der Waals surface area contributed by atoms with Crippen molar-refractivity contribution >= 4 is 10.8 Å². The molecular formula is C20H27N. The first-order chi connectivity index (χ1) is 10.1. The standard InChI is InChI=1S/C20H27N/c1-20(2)13-7-15-21(16-20)14-6-11-18-10-5-9-17-8-3-4-12-19(17)18/h3-5,8-10,12H,6-7,11,13-16H2,1-2H3. The van der Waals surface area contributed by atoms with Gasteiger partial charge in [0.2, 0.25) is 0 Å². The quantitative estimate of drug-likeness (QED) is 0.771. The van der Waals surface area contributed by atoms with Crippen LogP contribution in [0, 0.1) is 5.41 Å². The Kier molecular flexibility index (Phi) is 4.30. The van der Waals surface area contributed by atoms with Gasteiger partial charge in [-0.2, -0.15) is 0 Å². The van der Waals surface area contributed by atoms with Crippen LogP contribution in [0.5, 0.6) is 0 Å². The van der Waals surface area contributed by atoms with Crippen LogP contribution in [0.2, 0.25) is 0 Å². The molecule has 0 N–H and O–H groups in total.